The van der Waals surface area contributed by atoms with Gasteiger partial charge >= 0.3 is 0 Å². The summed E-state index contributed by atoms with van der Waals surface area (Å²) in [5.41, 5.74) is 0.984. The molecule has 1 heterocycles. The Morgan fingerprint density at radius 3 is 2.86 bits per heavy atom. The third-order valence-electron chi connectivity index (χ3n) is 2.47. The number of aryl methyl sites for hydroxylation is 1. The van der Waals surface area contributed by atoms with Crippen molar-refractivity contribution in [2.75, 3.05) is 6.61 Å². The molecule has 2 atom stereocenters. The van der Waals surface area contributed by atoms with Crippen LogP contribution in [0.4, 0.5) is 4.39 Å². The molecule has 0 saturated carbocycles. The van der Waals surface area contributed by atoms with Crippen LogP contribution in [0.1, 0.15) is 12.0 Å². The van der Waals surface area contributed by atoms with Gasteiger partial charge in [0.15, 0.2) is 0 Å². The number of aliphatic hydroxyl groups is 1. The Hall–Kier alpha value is -0.930. The number of epoxide rings is 1. The number of hydrogen-bond acceptors (Lipinski definition) is 2. The monoisotopic (exact) mass is 196 g/mol. The summed E-state index contributed by atoms with van der Waals surface area (Å²) in [6.45, 7) is 0.0911. The SMILES string of the molecule is OCC1O[C@H]1CCc1cccc(F)c1. The van der Waals surface area contributed by atoms with Gasteiger partial charge in [0, 0.05) is 0 Å². The Bertz CT molecular complexity index is 314. The summed E-state index contributed by atoms with van der Waals surface area (Å²) in [6, 6.07) is 6.59. The average Bonchev–Trinajstić information content (AvgIpc) is 2.93. The quantitative estimate of drug-likeness (QED) is 0.740. The Kier molecular flexibility index (Phi) is 2.79. The second-order valence-electron chi connectivity index (χ2n) is 3.56. The van der Waals surface area contributed by atoms with Crippen molar-refractivity contribution < 1.29 is 14.2 Å². The van der Waals surface area contributed by atoms with Crippen LogP contribution < -0.4 is 0 Å². The fourth-order valence-corrected chi connectivity index (χ4v) is 1.60. The van der Waals surface area contributed by atoms with Crippen LogP contribution in [0, 0.1) is 5.82 Å². The molecule has 0 radical (unpaired) electrons. The van der Waals surface area contributed by atoms with Crippen LogP contribution in [0.3, 0.4) is 0 Å². The number of ether oxygens (including phenoxy) is 1. The van der Waals surface area contributed by atoms with Crippen molar-refractivity contribution >= 4 is 0 Å². The molecular formula is C11H13FO2. The lowest BCUT2D eigenvalue weighted by Crippen LogP contribution is -2.00. The number of halogens is 1. The summed E-state index contributed by atoms with van der Waals surface area (Å²) < 4.78 is 18.0. The second-order valence-corrected chi connectivity index (χ2v) is 3.56. The van der Waals surface area contributed by atoms with Gasteiger partial charge in [-0.3, -0.25) is 0 Å². The lowest BCUT2D eigenvalue weighted by molar-refractivity contribution is 0.241. The van der Waals surface area contributed by atoms with Gasteiger partial charge in [-0.15, -0.1) is 0 Å². The minimum atomic E-state index is -0.196. The summed E-state index contributed by atoms with van der Waals surface area (Å²) >= 11 is 0. The minimum absolute atomic E-state index is 0.0172. The van der Waals surface area contributed by atoms with E-state index in [1.165, 1.54) is 12.1 Å². The van der Waals surface area contributed by atoms with Gasteiger partial charge in [-0.1, -0.05) is 12.1 Å². The maximum Gasteiger partial charge on any atom is 0.123 e. The molecule has 1 unspecified atom stereocenters. The zero-order valence-electron chi connectivity index (χ0n) is 7.82. The zero-order chi connectivity index (χ0) is 9.97. The Morgan fingerprint density at radius 2 is 2.21 bits per heavy atom. The highest BCUT2D eigenvalue weighted by molar-refractivity contribution is 5.16. The number of aliphatic hydroxyl groups excluding tert-OH is 1. The fourth-order valence-electron chi connectivity index (χ4n) is 1.60. The number of rotatable bonds is 4. The van der Waals surface area contributed by atoms with E-state index in [2.05, 4.69) is 0 Å². The van der Waals surface area contributed by atoms with Crippen molar-refractivity contribution in [2.24, 2.45) is 0 Å². The van der Waals surface area contributed by atoms with E-state index in [4.69, 9.17) is 9.84 Å². The van der Waals surface area contributed by atoms with E-state index < -0.39 is 0 Å². The van der Waals surface area contributed by atoms with Gasteiger partial charge in [0.05, 0.1) is 12.7 Å². The van der Waals surface area contributed by atoms with E-state index in [1.807, 2.05) is 6.07 Å². The van der Waals surface area contributed by atoms with Gasteiger partial charge in [0.25, 0.3) is 0 Å². The molecule has 1 aromatic carbocycles. The maximum atomic E-state index is 12.8. The average molecular weight is 196 g/mol. The van der Waals surface area contributed by atoms with Crippen molar-refractivity contribution in [3.05, 3.63) is 35.6 Å². The fraction of sp³-hybridized carbons (Fsp3) is 0.455. The predicted octanol–water partition coefficient (Wildman–Crippen LogP) is 1.52. The third kappa shape index (κ3) is 2.30. The van der Waals surface area contributed by atoms with Crippen LogP contribution >= 0.6 is 0 Å². The van der Waals surface area contributed by atoms with Crippen LogP contribution in [0.25, 0.3) is 0 Å². The lowest BCUT2D eigenvalue weighted by atomic mass is 10.1. The summed E-state index contributed by atoms with van der Waals surface area (Å²) in [7, 11) is 0. The van der Waals surface area contributed by atoms with E-state index >= 15 is 0 Å². The molecule has 14 heavy (non-hydrogen) atoms. The Labute approximate surface area is 82.3 Å². The molecule has 1 aromatic rings. The molecule has 2 rings (SSSR count). The predicted molar refractivity (Wildman–Crippen MR) is 50.5 cm³/mol. The largest absolute Gasteiger partial charge is 0.394 e. The molecule has 0 aromatic heterocycles. The standard InChI is InChI=1S/C11H13FO2/c12-9-3-1-2-8(6-9)4-5-10-11(7-13)14-10/h1-3,6,10-11,13H,4-5,7H2/t10-,11?/m0/s1. The van der Waals surface area contributed by atoms with Crippen molar-refractivity contribution in [2.45, 2.75) is 25.0 Å². The molecule has 3 heteroatoms. The van der Waals surface area contributed by atoms with Gasteiger partial charge < -0.3 is 9.84 Å². The van der Waals surface area contributed by atoms with Gasteiger partial charge in [-0.05, 0) is 30.5 Å². The highest BCUT2D eigenvalue weighted by Crippen LogP contribution is 2.26. The molecule has 1 aliphatic rings. The van der Waals surface area contributed by atoms with Gasteiger partial charge in [-0.2, -0.15) is 0 Å². The van der Waals surface area contributed by atoms with Crippen LogP contribution in [0.15, 0.2) is 24.3 Å². The summed E-state index contributed by atoms with van der Waals surface area (Å²) in [4.78, 5) is 0. The zero-order valence-corrected chi connectivity index (χ0v) is 7.82. The highest BCUT2D eigenvalue weighted by atomic mass is 19.1. The van der Waals surface area contributed by atoms with E-state index in [1.54, 1.807) is 6.07 Å². The van der Waals surface area contributed by atoms with Crippen molar-refractivity contribution in [3.63, 3.8) is 0 Å². The molecule has 0 amide bonds. The first kappa shape index (κ1) is 9.62. The smallest absolute Gasteiger partial charge is 0.123 e. The first-order valence-corrected chi connectivity index (χ1v) is 4.80. The van der Waals surface area contributed by atoms with Crippen molar-refractivity contribution in [1.82, 2.24) is 0 Å². The topological polar surface area (TPSA) is 32.8 Å². The van der Waals surface area contributed by atoms with Crippen LogP contribution in [-0.2, 0) is 11.2 Å². The first-order valence-electron chi connectivity index (χ1n) is 4.80. The second kappa shape index (κ2) is 4.07. The Morgan fingerprint density at radius 1 is 1.36 bits per heavy atom. The summed E-state index contributed by atoms with van der Waals surface area (Å²) in [6.07, 6.45) is 1.85. The number of hydrogen-bond donors (Lipinski definition) is 1. The van der Waals surface area contributed by atoms with Gasteiger partial charge in [-0.25, -0.2) is 4.39 Å². The maximum absolute atomic E-state index is 12.8. The molecule has 1 saturated heterocycles. The van der Waals surface area contributed by atoms with Crippen LogP contribution in [0.5, 0.6) is 0 Å². The lowest BCUT2D eigenvalue weighted by Gasteiger charge is -1.98. The highest BCUT2D eigenvalue weighted by Gasteiger charge is 2.37. The summed E-state index contributed by atoms with van der Waals surface area (Å²) in [5, 5.41) is 8.73. The molecule has 2 nitrogen and oxygen atoms in total. The normalized spacial score (nSPS) is 25.0. The van der Waals surface area contributed by atoms with E-state index in [9.17, 15) is 4.39 Å². The molecule has 0 spiro atoms. The molecule has 76 valence electrons. The Balaban J connectivity index is 1.81. The van der Waals surface area contributed by atoms with Crippen molar-refractivity contribution in [1.29, 1.82) is 0 Å². The first-order chi connectivity index (χ1) is 6.79. The third-order valence-corrected chi connectivity index (χ3v) is 2.47. The van der Waals surface area contributed by atoms with E-state index in [0.29, 0.717) is 0 Å². The van der Waals surface area contributed by atoms with Gasteiger partial charge in [0.1, 0.15) is 11.9 Å². The molecule has 1 fully saturated rings. The van der Waals surface area contributed by atoms with Crippen molar-refractivity contribution in [3.8, 4) is 0 Å². The molecular weight excluding hydrogens is 183 g/mol. The molecule has 1 N–H and O–H groups in total. The van der Waals surface area contributed by atoms with Crippen LogP contribution in [-0.4, -0.2) is 23.9 Å². The van der Waals surface area contributed by atoms with E-state index in [0.717, 1.165) is 18.4 Å². The molecule has 1 aliphatic heterocycles. The number of benzene rings is 1. The van der Waals surface area contributed by atoms with Gasteiger partial charge in [0.2, 0.25) is 0 Å². The minimum Gasteiger partial charge on any atom is -0.394 e. The van der Waals surface area contributed by atoms with E-state index in [-0.39, 0.29) is 24.6 Å². The molecule has 0 bridgehead atoms. The molecule has 0 aliphatic carbocycles. The summed E-state index contributed by atoms with van der Waals surface area (Å²) in [5.74, 6) is -0.196. The van der Waals surface area contributed by atoms with Crippen LogP contribution in [0.2, 0.25) is 0 Å².